The van der Waals surface area contributed by atoms with Gasteiger partial charge in [-0.1, -0.05) is 47.6 Å². The van der Waals surface area contributed by atoms with Gasteiger partial charge in [0.2, 0.25) is 0 Å². The number of carbonyl (C=O) groups is 1. The molecule has 2 aromatic carbocycles. The molecule has 0 aliphatic rings. The zero-order chi connectivity index (χ0) is 18.8. The van der Waals surface area contributed by atoms with E-state index in [1.807, 2.05) is 30.3 Å². The summed E-state index contributed by atoms with van der Waals surface area (Å²) in [5, 5.41) is 4.42. The lowest BCUT2D eigenvalue weighted by molar-refractivity contribution is 0.0474. The molecule has 2 aromatic heterocycles. The second kappa shape index (κ2) is 6.99. The number of nitrogens with zero attached hydrogens (tertiary/aromatic N) is 2. The van der Waals surface area contributed by atoms with Crippen molar-refractivity contribution >= 4 is 17.1 Å². The maximum Gasteiger partial charge on any atom is 0.339 e. The lowest BCUT2D eigenvalue weighted by Gasteiger charge is -2.08. The van der Waals surface area contributed by atoms with Gasteiger partial charge in [0.1, 0.15) is 12.4 Å². The first-order valence-electron chi connectivity index (χ1n) is 8.36. The molecule has 4 aromatic rings. The number of hydrogen-bond donors (Lipinski definition) is 0. The third-order valence-electron chi connectivity index (χ3n) is 4.17. The summed E-state index contributed by atoms with van der Waals surface area (Å²) in [6.07, 6.45) is 0. The fourth-order valence-electron chi connectivity index (χ4n) is 2.87. The molecule has 5 nitrogen and oxygen atoms in total. The fourth-order valence-corrected chi connectivity index (χ4v) is 2.87. The van der Waals surface area contributed by atoms with Gasteiger partial charge in [-0.2, -0.15) is 0 Å². The molecule has 0 atom stereocenters. The van der Waals surface area contributed by atoms with Gasteiger partial charge in [0.25, 0.3) is 5.71 Å². The van der Waals surface area contributed by atoms with Gasteiger partial charge >= 0.3 is 5.97 Å². The molecular formula is C21H15FN2O3. The predicted octanol–water partition coefficient (Wildman–Crippen LogP) is 4.69. The first-order chi connectivity index (χ1) is 13.1. The first kappa shape index (κ1) is 16.9. The van der Waals surface area contributed by atoms with E-state index in [1.54, 1.807) is 25.1 Å². The molecule has 0 bridgehead atoms. The molecule has 0 fully saturated rings. The van der Waals surface area contributed by atoms with Crippen molar-refractivity contribution in [1.82, 2.24) is 10.1 Å². The summed E-state index contributed by atoms with van der Waals surface area (Å²) >= 11 is 0. The Morgan fingerprint density at radius 2 is 1.93 bits per heavy atom. The number of fused-ring (bicyclic) bond motifs is 1. The summed E-state index contributed by atoms with van der Waals surface area (Å²) in [5.41, 5.74) is 3.12. The van der Waals surface area contributed by atoms with Crippen molar-refractivity contribution in [2.24, 2.45) is 0 Å². The molecule has 4 rings (SSSR count). The summed E-state index contributed by atoms with van der Waals surface area (Å²) in [5.74, 6) is -0.925. The average molecular weight is 362 g/mol. The lowest BCUT2D eigenvalue weighted by Crippen LogP contribution is -2.07. The quantitative estimate of drug-likeness (QED) is 0.493. The smallest absolute Gasteiger partial charge is 0.339 e. The maximum absolute atomic E-state index is 13.3. The number of aryl methyl sites for hydroxylation is 1. The molecular weight excluding hydrogens is 347 g/mol. The Labute approximate surface area is 154 Å². The number of benzene rings is 2. The minimum Gasteiger partial charge on any atom is -0.457 e. The number of halogens is 1. The summed E-state index contributed by atoms with van der Waals surface area (Å²) in [6.45, 7) is 1.70. The Morgan fingerprint density at radius 1 is 1.11 bits per heavy atom. The molecule has 6 heteroatoms. The van der Waals surface area contributed by atoms with Gasteiger partial charge in [0.15, 0.2) is 0 Å². The molecule has 2 heterocycles. The summed E-state index contributed by atoms with van der Waals surface area (Å²) in [7, 11) is 0. The molecule has 0 aliphatic heterocycles. The second-order valence-corrected chi connectivity index (χ2v) is 6.08. The van der Waals surface area contributed by atoms with E-state index in [9.17, 15) is 9.18 Å². The van der Waals surface area contributed by atoms with E-state index in [-0.39, 0.29) is 18.1 Å². The van der Waals surface area contributed by atoms with E-state index < -0.39 is 5.97 Å². The molecule has 0 N–H and O–H groups in total. The fraction of sp³-hybridized carbons (Fsp3) is 0.0952. The van der Waals surface area contributed by atoms with Crippen LogP contribution in [0.2, 0.25) is 0 Å². The highest BCUT2D eigenvalue weighted by molar-refractivity contribution is 6.04. The normalized spacial score (nSPS) is 10.9. The predicted molar refractivity (Wildman–Crippen MR) is 97.5 cm³/mol. The van der Waals surface area contributed by atoms with Crippen LogP contribution >= 0.6 is 0 Å². The van der Waals surface area contributed by atoms with Crippen LogP contribution in [0.15, 0.2) is 65.2 Å². The van der Waals surface area contributed by atoms with Gasteiger partial charge in [0, 0.05) is 5.56 Å². The van der Waals surface area contributed by atoms with E-state index in [1.165, 1.54) is 12.1 Å². The van der Waals surface area contributed by atoms with Crippen molar-refractivity contribution < 1.29 is 18.4 Å². The Bertz CT molecular complexity index is 1120. The van der Waals surface area contributed by atoms with E-state index >= 15 is 0 Å². The van der Waals surface area contributed by atoms with E-state index in [2.05, 4.69) is 10.1 Å². The van der Waals surface area contributed by atoms with Crippen LogP contribution in [-0.2, 0) is 11.3 Å². The molecule has 27 heavy (non-hydrogen) atoms. The van der Waals surface area contributed by atoms with Gasteiger partial charge < -0.3 is 9.26 Å². The minimum atomic E-state index is -0.546. The highest BCUT2D eigenvalue weighted by Gasteiger charge is 2.20. The zero-order valence-electron chi connectivity index (χ0n) is 14.5. The summed E-state index contributed by atoms with van der Waals surface area (Å²) < 4.78 is 24.0. The standard InChI is InChI=1S/C21H15FN2O3/c1-13-19-17(21(25)26-12-14-6-5-9-16(22)10-14)11-18(23-20(19)27-24-13)15-7-3-2-4-8-15/h2-11H,12H2,1H3. The van der Waals surface area contributed by atoms with Crippen molar-refractivity contribution in [1.29, 1.82) is 0 Å². The van der Waals surface area contributed by atoms with Crippen LogP contribution in [0.3, 0.4) is 0 Å². The van der Waals surface area contributed by atoms with Gasteiger partial charge in [-0.25, -0.2) is 14.2 Å². The van der Waals surface area contributed by atoms with Crippen LogP contribution in [0.25, 0.3) is 22.4 Å². The maximum atomic E-state index is 13.3. The topological polar surface area (TPSA) is 65.2 Å². The molecule has 0 radical (unpaired) electrons. The van der Waals surface area contributed by atoms with Crippen LogP contribution in [0, 0.1) is 12.7 Å². The number of carbonyl (C=O) groups excluding carboxylic acids is 1. The SMILES string of the molecule is Cc1noc2nc(-c3ccccc3)cc(C(=O)OCc3cccc(F)c3)c12. The summed E-state index contributed by atoms with van der Waals surface area (Å²) in [4.78, 5) is 17.2. The number of aromatic nitrogens is 2. The molecule has 0 saturated heterocycles. The van der Waals surface area contributed by atoms with Crippen LogP contribution in [0.4, 0.5) is 4.39 Å². The number of esters is 1. The molecule has 134 valence electrons. The van der Waals surface area contributed by atoms with Gasteiger partial charge in [-0.3, -0.25) is 0 Å². The number of rotatable bonds is 4. The zero-order valence-corrected chi connectivity index (χ0v) is 14.5. The third-order valence-corrected chi connectivity index (χ3v) is 4.17. The largest absolute Gasteiger partial charge is 0.457 e. The van der Waals surface area contributed by atoms with Crippen LogP contribution in [0.1, 0.15) is 21.6 Å². The molecule has 0 spiro atoms. The Kier molecular flexibility index (Phi) is 4.38. The number of hydrogen-bond acceptors (Lipinski definition) is 5. The van der Waals surface area contributed by atoms with Gasteiger partial charge in [-0.05, 0) is 30.7 Å². The van der Waals surface area contributed by atoms with Crippen LogP contribution in [0.5, 0.6) is 0 Å². The van der Waals surface area contributed by atoms with Crippen molar-refractivity contribution in [3.63, 3.8) is 0 Å². The minimum absolute atomic E-state index is 0.0363. The Balaban J connectivity index is 1.71. The molecule has 0 unspecified atom stereocenters. The van der Waals surface area contributed by atoms with Crippen LogP contribution < -0.4 is 0 Å². The van der Waals surface area contributed by atoms with Crippen LogP contribution in [-0.4, -0.2) is 16.1 Å². The van der Waals surface area contributed by atoms with E-state index in [4.69, 9.17) is 9.26 Å². The van der Waals surface area contributed by atoms with E-state index in [0.717, 1.165) is 5.56 Å². The van der Waals surface area contributed by atoms with Gasteiger partial charge in [0.05, 0.1) is 22.3 Å². The van der Waals surface area contributed by atoms with Crippen molar-refractivity contribution in [2.45, 2.75) is 13.5 Å². The second-order valence-electron chi connectivity index (χ2n) is 6.08. The number of pyridine rings is 1. The molecule has 0 saturated carbocycles. The monoisotopic (exact) mass is 362 g/mol. The number of ether oxygens (including phenoxy) is 1. The van der Waals surface area contributed by atoms with E-state index in [0.29, 0.717) is 27.9 Å². The lowest BCUT2D eigenvalue weighted by atomic mass is 10.1. The molecule has 0 amide bonds. The molecule has 0 aliphatic carbocycles. The van der Waals surface area contributed by atoms with Gasteiger partial charge in [-0.15, -0.1) is 0 Å². The van der Waals surface area contributed by atoms with Crippen molar-refractivity contribution in [3.05, 3.63) is 83.3 Å². The van der Waals surface area contributed by atoms with Crippen molar-refractivity contribution in [2.75, 3.05) is 0 Å². The third kappa shape index (κ3) is 3.42. The van der Waals surface area contributed by atoms with Crippen molar-refractivity contribution in [3.8, 4) is 11.3 Å². The Morgan fingerprint density at radius 3 is 2.70 bits per heavy atom. The average Bonchev–Trinajstić information content (AvgIpc) is 3.07. The first-order valence-corrected chi connectivity index (χ1v) is 8.36. The Hall–Kier alpha value is -3.54. The summed E-state index contributed by atoms with van der Waals surface area (Å²) in [6, 6.07) is 17.0. The highest BCUT2D eigenvalue weighted by Crippen LogP contribution is 2.27. The highest BCUT2D eigenvalue weighted by atomic mass is 19.1.